The van der Waals surface area contributed by atoms with Gasteiger partial charge in [-0.3, -0.25) is 0 Å². The first-order valence-electron chi connectivity index (χ1n) is 5.24. The van der Waals surface area contributed by atoms with Crippen LogP contribution in [0.15, 0.2) is 18.2 Å². The van der Waals surface area contributed by atoms with E-state index in [2.05, 4.69) is 4.90 Å². The van der Waals surface area contributed by atoms with Gasteiger partial charge < -0.3 is 14.4 Å². The summed E-state index contributed by atoms with van der Waals surface area (Å²) in [4.78, 5) is 2.13. The molecule has 90 valence electrons. The van der Waals surface area contributed by atoms with E-state index in [9.17, 15) is 0 Å². The van der Waals surface area contributed by atoms with Crippen molar-refractivity contribution in [3.05, 3.63) is 23.2 Å². The molecular weight excluding hydrogens is 226 g/mol. The predicted octanol–water partition coefficient (Wildman–Crippen LogP) is 2.68. The van der Waals surface area contributed by atoms with Gasteiger partial charge in [0.05, 0.1) is 13.7 Å². The van der Waals surface area contributed by atoms with Crippen molar-refractivity contribution < 1.29 is 9.47 Å². The van der Waals surface area contributed by atoms with E-state index in [1.807, 2.05) is 20.2 Å². The molecule has 0 aliphatic carbocycles. The summed E-state index contributed by atoms with van der Waals surface area (Å²) < 4.78 is 10.8. The molecule has 0 spiro atoms. The molecule has 0 heterocycles. The summed E-state index contributed by atoms with van der Waals surface area (Å²) in [5.74, 6) is 1.42. The molecule has 0 bridgehead atoms. The number of halogens is 1. The van der Waals surface area contributed by atoms with Crippen LogP contribution in [0.1, 0.15) is 6.42 Å². The monoisotopic (exact) mass is 243 g/mol. The van der Waals surface area contributed by atoms with Gasteiger partial charge in [-0.15, -0.1) is 0 Å². The summed E-state index contributed by atoms with van der Waals surface area (Å²) in [5.41, 5.74) is 0. The lowest BCUT2D eigenvalue weighted by Gasteiger charge is -2.12. The fraction of sp³-hybridized carbons (Fsp3) is 0.500. The van der Waals surface area contributed by atoms with Gasteiger partial charge in [-0.25, -0.2) is 0 Å². The molecule has 1 aromatic carbocycles. The average molecular weight is 244 g/mol. The fourth-order valence-electron chi connectivity index (χ4n) is 1.32. The third kappa shape index (κ3) is 4.29. The molecule has 0 aromatic heterocycles. The van der Waals surface area contributed by atoms with Crippen molar-refractivity contribution in [2.24, 2.45) is 0 Å². The van der Waals surface area contributed by atoms with E-state index in [1.165, 1.54) is 0 Å². The van der Waals surface area contributed by atoms with Crippen LogP contribution in [0.4, 0.5) is 0 Å². The van der Waals surface area contributed by atoms with Crippen LogP contribution in [0.25, 0.3) is 0 Å². The highest BCUT2D eigenvalue weighted by molar-refractivity contribution is 6.30. The zero-order valence-corrected chi connectivity index (χ0v) is 10.8. The Kier molecular flexibility index (Phi) is 5.43. The number of rotatable bonds is 6. The minimum absolute atomic E-state index is 0.650. The number of methoxy groups -OCH3 is 1. The first kappa shape index (κ1) is 13.1. The molecule has 0 radical (unpaired) electrons. The smallest absolute Gasteiger partial charge is 0.162 e. The number of nitrogens with zero attached hydrogens (tertiary/aromatic N) is 1. The van der Waals surface area contributed by atoms with E-state index < -0.39 is 0 Å². The van der Waals surface area contributed by atoms with Crippen molar-refractivity contribution >= 4 is 11.6 Å². The van der Waals surface area contributed by atoms with Crippen LogP contribution in [0.3, 0.4) is 0 Å². The van der Waals surface area contributed by atoms with Gasteiger partial charge in [0.15, 0.2) is 11.5 Å². The highest BCUT2D eigenvalue weighted by Crippen LogP contribution is 2.29. The fourth-order valence-corrected chi connectivity index (χ4v) is 1.49. The number of benzene rings is 1. The number of hydrogen-bond acceptors (Lipinski definition) is 3. The van der Waals surface area contributed by atoms with E-state index in [1.54, 1.807) is 19.2 Å². The molecule has 0 fully saturated rings. The maximum Gasteiger partial charge on any atom is 0.162 e. The molecule has 0 N–H and O–H groups in total. The standard InChI is InChI=1S/C12H18ClNO2/c1-14(2)7-4-8-16-11-6-5-10(13)9-12(11)15-3/h5-6,9H,4,7-8H2,1-3H3. The molecular formula is C12H18ClNO2. The van der Waals surface area contributed by atoms with Gasteiger partial charge >= 0.3 is 0 Å². The third-order valence-electron chi connectivity index (χ3n) is 2.13. The zero-order valence-electron chi connectivity index (χ0n) is 10.00. The summed E-state index contributed by atoms with van der Waals surface area (Å²) in [6.07, 6.45) is 0.985. The van der Waals surface area contributed by atoms with Gasteiger partial charge in [0.2, 0.25) is 0 Å². The van der Waals surface area contributed by atoms with Crippen LogP contribution >= 0.6 is 11.6 Å². The molecule has 0 aliphatic heterocycles. The minimum Gasteiger partial charge on any atom is -0.493 e. The molecule has 0 unspecified atom stereocenters. The molecule has 0 saturated carbocycles. The number of ether oxygens (including phenoxy) is 2. The lowest BCUT2D eigenvalue weighted by molar-refractivity contribution is 0.268. The zero-order chi connectivity index (χ0) is 12.0. The summed E-state index contributed by atoms with van der Waals surface area (Å²) in [6.45, 7) is 1.69. The maximum absolute atomic E-state index is 5.86. The van der Waals surface area contributed by atoms with E-state index in [-0.39, 0.29) is 0 Å². The average Bonchev–Trinajstić information content (AvgIpc) is 2.25. The molecule has 0 saturated heterocycles. The Bertz CT molecular complexity index is 329. The normalized spacial score (nSPS) is 10.6. The highest BCUT2D eigenvalue weighted by atomic mass is 35.5. The van der Waals surface area contributed by atoms with Gasteiger partial charge in [-0.2, -0.15) is 0 Å². The Hall–Kier alpha value is -0.930. The van der Waals surface area contributed by atoms with E-state index in [4.69, 9.17) is 21.1 Å². The van der Waals surface area contributed by atoms with Crippen molar-refractivity contribution in [2.75, 3.05) is 34.4 Å². The molecule has 0 amide bonds. The Morgan fingerprint density at radius 2 is 2.00 bits per heavy atom. The first-order valence-corrected chi connectivity index (χ1v) is 5.62. The highest BCUT2D eigenvalue weighted by Gasteiger charge is 2.04. The van der Waals surface area contributed by atoms with Crippen molar-refractivity contribution in [3.8, 4) is 11.5 Å². The van der Waals surface area contributed by atoms with E-state index >= 15 is 0 Å². The van der Waals surface area contributed by atoms with Crippen molar-refractivity contribution in [2.45, 2.75) is 6.42 Å². The molecule has 0 aliphatic rings. The summed E-state index contributed by atoms with van der Waals surface area (Å²) in [6, 6.07) is 5.38. The van der Waals surface area contributed by atoms with E-state index in [0.29, 0.717) is 17.4 Å². The molecule has 0 atom stereocenters. The van der Waals surface area contributed by atoms with Crippen LogP contribution in [0.5, 0.6) is 11.5 Å². The lowest BCUT2D eigenvalue weighted by Crippen LogP contribution is -2.15. The van der Waals surface area contributed by atoms with E-state index in [0.717, 1.165) is 18.7 Å². The summed E-state index contributed by atoms with van der Waals surface area (Å²) in [7, 11) is 5.70. The Morgan fingerprint density at radius 3 is 2.62 bits per heavy atom. The molecule has 1 aromatic rings. The second-order valence-corrected chi connectivity index (χ2v) is 4.24. The number of hydrogen-bond donors (Lipinski definition) is 0. The van der Waals surface area contributed by atoms with Crippen LogP contribution in [-0.4, -0.2) is 39.3 Å². The third-order valence-corrected chi connectivity index (χ3v) is 2.37. The lowest BCUT2D eigenvalue weighted by atomic mass is 10.3. The van der Waals surface area contributed by atoms with Crippen molar-refractivity contribution in [3.63, 3.8) is 0 Å². The van der Waals surface area contributed by atoms with Gasteiger partial charge in [-0.05, 0) is 32.6 Å². The first-order chi connectivity index (χ1) is 7.63. The Labute approximate surface area is 102 Å². The Morgan fingerprint density at radius 1 is 1.25 bits per heavy atom. The quantitative estimate of drug-likeness (QED) is 0.717. The topological polar surface area (TPSA) is 21.7 Å². The van der Waals surface area contributed by atoms with Gasteiger partial charge in [-0.1, -0.05) is 11.6 Å². The molecule has 1 rings (SSSR count). The van der Waals surface area contributed by atoms with Crippen LogP contribution in [-0.2, 0) is 0 Å². The SMILES string of the molecule is COc1cc(Cl)ccc1OCCCN(C)C. The molecule has 4 heteroatoms. The summed E-state index contributed by atoms with van der Waals surface area (Å²) in [5, 5.41) is 0.650. The molecule has 16 heavy (non-hydrogen) atoms. The van der Waals surface area contributed by atoms with Crippen molar-refractivity contribution in [1.82, 2.24) is 4.90 Å². The minimum atomic E-state index is 0.650. The van der Waals surface area contributed by atoms with Crippen molar-refractivity contribution in [1.29, 1.82) is 0 Å². The Balaban J connectivity index is 2.47. The van der Waals surface area contributed by atoms with Crippen LogP contribution < -0.4 is 9.47 Å². The second-order valence-electron chi connectivity index (χ2n) is 3.80. The van der Waals surface area contributed by atoms with Gasteiger partial charge in [0.25, 0.3) is 0 Å². The summed E-state index contributed by atoms with van der Waals surface area (Å²) >= 11 is 5.86. The second kappa shape index (κ2) is 6.61. The van der Waals surface area contributed by atoms with Gasteiger partial charge in [0, 0.05) is 17.6 Å². The van der Waals surface area contributed by atoms with Gasteiger partial charge in [0.1, 0.15) is 0 Å². The largest absolute Gasteiger partial charge is 0.493 e. The maximum atomic E-state index is 5.86. The van der Waals surface area contributed by atoms with Crippen LogP contribution in [0, 0.1) is 0 Å². The predicted molar refractivity (Wildman–Crippen MR) is 66.7 cm³/mol. The molecule has 3 nitrogen and oxygen atoms in total. The van der Waals surface area contributed by atoms with Crippen LogP contribution in [0.2, 0.25) is 5.02 Å².